The molecule has 1 aromatic carbocycles. The lowest BCUT2D eigenvalue weighted by Gasteiger charge is -2.21. The fraction of sp³-hybridized carbons (Fsp3) is 0.308. The molecule has 1 aliphatic heterocycles. The summed E-state index contributed by atoms with van der Waals surface area (Å²) in [6, 6.07) is 6.39. The van der Waals surface area contributed by atoms with Crippen LogP contribution in [0.3, 0.4) is 0 Å². The number of benzene rings is 1. The van der Waals surface area contributed by atoms with E-state index in [4.69, 9.17) is 11.6 Å². The van der Waals surface area contributed by atoms with Gasteiger partial charge < -0.3 is 5.32 Å². The highest BCUT2D eigenvalue weighted by Gasteiger charge is 2.27. The van der Waals surface area contributed by atoms with Crippen molar-refractivity contribution in [3.63, 3.8) is 0 Å². The van der Waals surface area contributed by atoms with Crippen LogP contribution < -0.4 is 10.6 Å². The predicted octanol–water partition coefficient (Wildman–Crippen LogP) is 0.804. The van der Waals surface area contributed by atoms with Crippen LogP contribution in [0.2, 0.25) is 5.02 Å². The van der Waals surface area contributed by atoms with E-state index in [2.05, 4.69) is 10.6 Å². The Labute approximate surface area is 115 Å². The molecule has 0 aliphatic carbocycles. The Hall–Kier alpha value is -1.88. The summed E-state index contributed by atoms with van der Waals surface area (Å²) in [5.41, 5.74) is 0.703. The summed E-state index contributed by atoms with van der Waals surface area (Å²) in [6.07, 6.45) is 0.680. The normalized spacial score (nSPS) is 18.9. The second-order valence-corrected chi connectivity index (χ2v) is 4.75. The second kappa shape index (κ2) is 5.84. The topological polar surface area (TPSA) is 75.3 Å². The van der Waals surface area contributed by atoms with Gasteiger partial charge >= 0.3 is 0 Å². The Morgan fingerprint density at radius 3 is 2.79 bits per heavy atom. The smallest absolute Gasteiger partial charge is 0.249 e. The minimum atomic E-state index is -0.646. The zero-order valence-electron chi connectivity index (χ0n) is 10.1. The third-order valence-corrected chi connectivity index (χ3v) is 3.25. The van der Waals surface area contributed by atoms with Gasteiger partial charge in [0.2, 0.25) is 17.7 Å². The van der Waals surface area contributed by atoms with Crippen LogP contribution in [-0.4, -0.2) is 23.8 Å². The van der Waals surface area contributed by atoms with E-state index in [-0.39, 0.29) is 24.7 Å². The number of hydrogen-bond donors (Lipinski definition) is 2. The molecule has 1 unspecified atom stereocenters. The molecule has 0 aromatic heterocycles. The van der Waals surface area contributed by atoms with E-state index in [9.17, 15) is 14.4 Å². The number of imide groups is 1. The molecule has 0 radical (unpaired) electrons. The first-order chi connectivity index (χ1) is 9.06. The molecule has 100 valence electrons. The summed E-state index contributed by atoms with van der Waals surface area (Å²) in [7, 11) is 0. The summed E-state index contributed by atoms with van der Waals surface area (Å²) in [5, 5.41) is 5.31. The van der Waals surface area contributed by atoms with Gasteiger partial charge in [-0.2, -0.15) is 0 Å². The lowest BCUT2D eigenvalue weighted by molar-refractivity contribution is -0.137. The molecule has 1 fully saturated rings. The SMILES string of the molecule is O=C1CCC(NC(=O)Cc2ccccc2Cl)C(=O)N1. The molecule has 5 nitrogen and oxygen atoms in total. The van der Waals surface area contributed by atoms with E-state index >= 15 is 0 Å². The van der Waals surface area contributed by atoms with E-state index in [1.165, 1.54) is 0 Å². The van der Waals surface area contributed by atoms with E-state index in [1.807, 2.05) is 0 Å². The molecular formula is C13H13ClN2O3. The summed E-state index contributed by atoms with van der Waals surface area (Å²) in [4.78, 5) is 34.3. The number of amides is 3. The van der Waals surface area contributed by atoms with Crippen LogP contribution in [0.25, 0.3) is 0 Å². The highest BCUT2D eigenvalue weighted by molar-refractivity contribution is 6.31. The van der Waals surface area contributed by atoms with Gasteiger partial charge in [-0.15, -0.1) is 0 Å². The first-order valence-corrected chi connectivity index (χ1v) is 6.30. The lowest BCUT2D eigenvalue weighted by atomic mass is 10.1. The quantitative estimate of drug-likeness (QED) is 0.805. The molecule has 1 saturated heterocycles. The van der Waals surface area contributed by atoms with Gasteiger partial charge in [-0.1, -0.05) is 29.8 Å². The van der Waals surface area contributed by atoms with Gasteiger partial charge in [-0.05, 0) is 18.1 Å². The number of carbonyl (C=O) groups is 3. The van der Waals surface area contributed by atoms with Crippen molar-refractivity contribution in [3.8, 4) is 0 Å². The van der Waals surface area contributed by atoms with E-state index in [1.54, 1.807) is 24.3 Å². The maximum absolute atomic E-state index is 11.8. The van der Waals surface area contributed by atoms with Crippen LogP contribution in [0.5, 0.6) is 0 Å². The molecule has 1 atom stereocenters. The van der Waals surface area contributed by atoms with Crippen LogP contribution in [0.15, 0.2) is 24.3 Å². The average Bonchev–Trinajstić information content (AvgIpc) is 2.36. The Morgan fingerprint density at radius 2 is 2.11 bits per heavy atom. The summed E-state index contributed by atoms with van der Waals surface area (Å²) in [5.74, 6) is -1.05. The minimum absolute atomic E-state index is 0.109. The number of piperidine rings is 1. The van der Waals surface area contributed by atoms with Gasteiger partial charge in [-0.25, -0.2) is 0 Å². The van der Waals surface area contributed by atoms with Gasteiger partial charge in [-0.3, -0.25) is 19.7 Å². The van der Waals surface area contributed by atoms with Crippen LogP contribution in [-0.2, 0) is 20.8 Å². The zero-order chi connectivity index (χ0) is 13.8. The fourth-order valence-electron chi connectivity index (χ4n) is 1.89. The molecule has 2 rings (SSSR count). The second-order valence-electron chi connectivity index (χ2n) is 4.34. The minimum Gasteiger partial charge on any atom is -0.344 e. The molecule has 2 N–H and O–H groups in total. The molecule has 0 saturated carbocycles. The predicted molar refractivity (Wildman–Crippen MR) is 69.5 cm³/mol. The third kappa shape index (κ3) is 3.54. The molecule has 1 aliphatic rings. The van der Waals surface area contributed by atoms with E-state index < -0.39 is 11.9 Å². The van der Waals surface area contributed by atoms with Crippen molar-refractivity contribution in [2.75, 3.05) is 0 Å². The Bertz CT molecular complexity index is 530. The Kier molecular flexibility index (Phi) is 4.16. The van der Waals surface area contributed by atoms with Crippen molar-refractivity contribution in [2.45, 2.75) is 25.3 Å². The van der Waals surface area contributed by atoms with E-state index in [0.29, 0.717) is 17.0 Å². The van der Waals surface area contributed by atoms with Gasteiger partial charge in [0, 0.05) is 11.4 Å². The molecule has 6 heteroatoms. The largest absolute Gasteiger partial charge is 0.344 e. The van der Waals surface area contributed by atoms with Crippen LogP contribution >= 0.6 is 11.6 Å². The number of nitrogens with one attached hydrogen (secondary N) is 2. The number of halogens is 1. The number of carbonyl (C=O) groups excluding carboxylic acids is 3. The van der Waals surface area contributed by atoms with Crippen molar-refractivity contribution in [1.29, 1.82) is 0 Å². The van der Waals surface area contributed by atoms with Crippen LogP contribution in [0, 0.1) is 0 Å². The lowest BCUT2D eigenvalue weighted by Crippen LogP contribution is -2.52. The first-order valence-electron chi connectivity index (χ1n) is 5.92. The number of hydrogen-bond acceptors (Lipinski definition) is 3. The monoisotopic (exact) mass is 280 g/mol. The van der Waals surface area contributed by atoms with Crippen molar-refractivity contribution in [3.05, 3.63) is 34.9 Å². The maximum Gasteiger partial charge on any atom is 0.249 e. The van der Waals surface area contributed by atoms with Gasteiger partial charge in [0.05, 0.1) is 6.42 Å². The standard InChI is InChI=1S/C13H13ClN2O3/c14-9-4-2-1-3-8(9)7-12(18)15-10-5-6-11(17)16-13(10)19/h1-4,10H,5-7H2,(H,15,18)(H,16,17,19). The van der Waals surface area contributed by atoms with Crippen molar-refractivity contribution in [2.24, 2.45) is 0 Å². The Balaban J connectivity index is 1.93. The van der Waals surface area contributed by atoms with Crippen molar-refractivity contribution < 1.29 is 14.4 Å². The van der Waals surface area contributed by atoms with Crippen molar-refractivity contribution in [1.82, 2.24) is 10.6 Å². The molecule has 1 heterocycles. The molecular weight excluding hydrogens is 268 g/mol. The average molecular weight is 281 g/mol. The third-order valence-electron chi connectivity index (χ3n) is 2.88. The van der Waals surface area contributed by atoms with Gasteiger partial charge in [0.25, 0.3) is 0 Å². The maximum atomic E-state index is 11.8. The van der Waals surface area contributed by atoms with Crippen LogP contribution in [0.1, 0.15) is 18.4 Å². The molecule has 1 aromatic rings. The van der Waals surface area contributed by atoms with Gasteiger partial charge in [0.1, 0.15) is 6.04 Å². The van der Waals surface area contributed by atoms with E-state index in [0.717, 1.165) is 0 Å². The summed E-state index contributed by atoms with van der Waals surface area (Å²) >= 11 is 5.95. The Morgan fingerprint density at radius 1 is 1.37 bits per heavy atom. The summed E-state index contributed by atoms with van der Waals surface area (Å²) < 4.78 is 0. The fourth-order valence-corrected chi connectivity index (χ4v) is 2.09. The molecule has 0 spiro atoms. The summed E-state index contributed by atoms with van der Waals surface area (Å²) in [6.45, 7) is 0. The molecule has 19 heavy (non-hydrogen) atoms. The van der Waals surface area contributed by atoms with Crippen LogP contribution in [0.4, 0.5) is 0 Å². The van der Waals surface area contributed by atoms with Crippen molar-refractivity contribution >= 4 is 29.3 Å². The van der Waals surface area contributed by atoms with Gasteiger partial charge in [0.15, 0.2) is 0 Å². The zero-order valence-corrected chi connectivity index (χ0v) is 10.9. The molecule has 0 bridgehead atoms. The first kappa shape index (κ1) is 13.5. The highest BCUT2D eigenvalue weighted by Crippen LogP contribution is 2.15. The molecule has 3 amide bonds. The number of rotatable bonds is 3. The highest BCUT2D eigenvalue weighted by atomic mass is 35.5.